The van der Waals surface area contributed by atoms with Crippen LogP contribution in [0, 0.1) is 16.0 Å². The molecule has 1 aliphatic rings. The molecule has 1 N–H and O–H groups in total. The summed E-state index contributed by atoms with van der Waals surface area (Å²) in [5, 5.41) is 13.9. The minimum atomic E-state index is -0.584. The Hall–Kier alpha value is -1.73. The zero-order chi connectivity index (χ0) is 15.4. The summed E-state index contributed by atoms with van der Waals surface area (Å²) in [6, 6.07) is 1.19. The van der Waals surface area contributed by atoms with Gasteiger partial charge in [-0.1, -0.05) is 11.6 Å². The van der Waals surface area contributed by atoms with Gasteiger partial charge in [0, 0.05) is 19.2 Å². The molecular formula is C13H17ClN4O3. The second-order valence-corrected chi connectivity index (χ2v) is 5.44. The number of nitrogens with zero attached hydrogens (tertiary/aromatic N) is 3. The average molecular weight is 313 g/mol. The fourth-order valence-electron chi connectivity index (χ4n) is 2.49. The third kappa shape index (κ3) is 3.68. The van der Waals surface area contributed by atoms with E-state index in [1.807, 2.05) is 7.05 Å². The fourth-order valence-corrected chi connectivity index (χ4v) is 2.67. The number of nitrogens with one attached hydrogen (secondary N) is 1. The molecule has 1 amide bonds. The molecule has 0 saturated carbocycles. The van der Waals surface area contributed by atoms with E-state index in [1.54, 1.807) is 4.90 Å². The zero-order valence-electron chi connectivity index (χ0n) is 11.7. The third-order valence-electron chi connectivity index (χ3n) is 3.66. The van der Waals surface area contributed by atoms with Gasteiger partial charge in [0.1, 0.15) is 11.3 Å². The molecule has 1 aliphatic heterocycles. The average Bonchev–Trinajstić information content (AvgIpc) is 2.48. The van der Waals surface area contributed by atoms with Gasteiger partial charge in [-0.2, -0.15) is 0 Å². The second kappa shape index (κ2) is 6.82. The van der Waals surface area contributed by atoms with Gasteiger partial charge >= 0.3 is 0 Å². The van der Waals surface area contributed by atoms with Crippen LogP contribution in [0.2, 0.25) is 5.15 Å². The Morgan fingerprint density at radius 3 is 2.81 bits per heavy atom. The van der Waals surface area contributed by atoms with Gasteiger partial charge in [-0.15, -0.1) is 0 Å². The van der Waals surface area contributed by atoms with Crippen molar-refractivity contribution in [2.24, 2.45) is 5.92 Å². The lowest BCUT2D eigenvalue weighted by Crippen LogP contribution is -2.40. The van der Waals surface area contributed by atoms with Gasteiger partial charge in [0.15, 0.2) is 0 Å². The van der Waals surface area contributed by atoms with Crippen LogP contribution in [-0.4, -0.2) is 47.4 Å². The Morgan fingerprint density at radius 1 is 1.57 bits per heavy atom. The highest BCUT2D eigenvalue weighted by Gasteiger charge is 2.26. The lowest BCUT2D eigenvalue weighted by Gasteiger charge is -2.32. The van der Waals surface area contributed by atoms with Crippen molar-refractivity contribution in [3.8, 4) is 0 Å². The number of carbonyl (C=O) groups excluding carboxylic acids is 1. The molecule has 2 heterocycles. The normalized spacial score (nSPS) is 16.0. The predicted molar refractivity (Wildman–Crippen MR) is 78.5 cm³/mol. The van der Waals surface area contributed by atoms with Crippen LogP contribution in [0.5, 0.6) is 0 Å². The number of hydrogen-bond donors (Lipinski definition) is 1. The van der Waals surface area contributed by atoms with Gasteiger partial charge in [0.05, 0.1) is 10.5 Å². The molecule has 21 heavy (non-hydrogen) atoms. The number of nitro groups is 1. The van der Waals surface area contributed by atoms with Crippen molar-refractivity contribution in [2.45, 2.75) is 12.8 Å². The Bertz CT molecular complexity index is 544. The van der Waals surface area contributed by atoms with E-state index in [-0.39, 0.29) is 22.3 Å². The Kier molecular flexibility index (Phi) is 5.08. The molecule has 0 bridgehead atoms. The highest BCUT2D eigenvalue weighted by molar-refractivity contribution is 6.32. The number of hydrogen-bond acceptors (Lipinski definition) is 5. The molecule has 1 saturated heterocycles. The maximum absolute atomic E-state index is 12.4. The molecule has 114 valence electrons. The lowest BCUT2D eigenvalue weighted by molar-refractivity contribution is -0.385. The summed E-state index contributed by atoms with van der Waals surface area (Å²) in [6.45, 7) is 2.19. The SMILES string of the molecule is CNCC1CCN(C(=O)c2cc([N+](=O)[O-])cnc2Cl)CC1. The molecule has 0 radical (unpaired) electrons. The first-order valence-corrected chi connectivity index (χ1v) is 7.14. The second-order valence-electron chi connectivity index (χ2n) is 5.08. The Balaban J connectivity index is 2.10. The van der Waals surface area contributed by atoms with Crippen molar-refractivity contribution < 1.29 is 9.72 Å². The number of amides is 1. The number of pyridine rings is 1. The lowest BCUT2D eigenvalue weighted by atomic mass is 9.96. The number of likely N-dealkylation sites (tertiary alicyclic amines) is 1. The van der Waals surface area contributed by atoms with Crippen LogP contribution in [0.3, 0.4) is 0 Å². The molecule has 0 unspecified atom stereocenters. The van der Waals surface area contributed by atoms with E-state index in [2.05, 4.69) is 10.3 Å². The summed E-state index contributed by atoms with van der Waals surface area (Å²) in [4.78, 5) is 28.0. The molecule has 1 aromatic rings. The van der Waals surface area contributed by atoms with Crippen molar-refractivity contribution in [3.63, 3.8) is 0 Å². The molecule has 1 fully saturated rings. The van der Waals surface area contributed by atoms with E-state index in [1.165, 1.54) is 6.07 Å². The highest BCUT2D eigenvalue weighted by atomic mass is 35.5. The summed E-state index contributed by atoms with van der Waals surface area (Å²) in [5.74, 6) is 0.261. The van der Waals surface area contributed by atoms with Crippen molar-refractivity contribution >= 4 is 23.2 Å². The number of aromatic nitrogens is 1. The summed E-state index contributed by atoms with van der Waals surface area (Å²) in [7, 11) is 1.91. The predicted octanol–water partition coefficient (Wildman–Crippen LogP) is 1.71. The van der Waals surface area contributed by atoms with Crippen LogP contribution in [0.15, 0.2) is 12.3 Å². The first-order chi connectivity index (χ1) is 10.0. The molecule has 0 aromatic carbocycles. The topological polar surface area (TPSA) is 88.4 Å². The van der Waals surface area contributed by atoms with E-state index in [4.69, 9.17) is 11.6 Å². The molecule has 8 heteroatoms. The third-order valence-corrected chi connectivity index (χ3v) is 3.96. The van der Waals surface area contributed by atoms with Crippen molar-refractivity contribution in [1.29, 1.82) is 0 Å². The van der Waals surface area contributed by atoms with E-state index in [0.717, 1.165) is 25.6 Å². The first kappa shape index (κ1) is 15.7. The minimum Gasteiger partial charge on any atom is -0.339 e. The summed E-state index contributed by atoms with van der Waals surface area (Å²) in [6.07, 6.45) is 2.87. The molecule has 7 nitrogen and oxygen atoms in total. The number of piperidine rings is 1. The Labute approximate surface area is 127 Å². The van der Waals surface area contributed by atoms with Crippen LogP contribution in [0.1, 0.15) is 23.2 Å². The van der Waals surface area contributed by atoms with E-state index >= 15 is 0 Å². The number of halogens is 1. The van der Waals surface area contributed by atoms with Crippen molar-refractivity contribution in [1.82, 2.24) is 15.2 Å². The number of carbonyl (C=O) groups is 1. The Morgan fingerprint density at radius 2 is 2.24 bits per heavy atom. The van der Waals surface area contributed by atoms with Crippen LogP contribution in [-0.2, 0) is 0 Å². The fraction of sp³-hybridized carbons (Fsp3) is 0.538. The van der Waals surface area contributed by atoms with Crippen LogP contribution in [0.4, 0.5) is 5.69 Å². The van der Waals surface area contributed by atoms with Crippen molar-refractivity contribution in [2.75, 3.05) is 26.7 Å². The van der Waals surface area contributed by atoms with Gasteiger partial charge in [-0.05, 0) is 32.4 Å². The largest absolute Gasteiger partial charge is 0.339 e. The smallest absolute Gasteiger partial charge is 0.288 e. The zero-order valence-corrected chi connectivity index (χ0v) is 12.5. The summed E-state index contributed by atoms with van der Waals surface area (Å²) < 4.78 is 0. The maximum atomic E-state index is 12.4. The van der Waals surface area contributed by atoms with Crippen molar-refractivity contribution in [3.05, 3.63) is 33.1 Å². The van der Waals surface area contributed by atoms with Crippen LogP contribution in [0.25, 0.3) is 0 Å². The standard InChI is InChI=1S/C13H17ClN4O3/c1-15-7-9-2-4-17(5-3-9)13(19)11-6-10(18(20)21)8-16-12(11)14/h6,8-9,15H,2-5,7H2,1H3. The number of rotatable bonds is 4. The van der Waals surface area contributed by atoms with Gasteiger partial charge in [0.2, 0.25) is 0 Å². The quantitative estimate of drug-likeness (QED) is 0.519. The van der Waals surface area contributed by atoms with Gasteiger partial charge in [0.25, 0.3) is 11.6 Å². The molecule has 0 aliphatic carbocycles. The van der Waals surface area contributed by atoms with Gasteiger partial charge < -0.3 is 10.2 Å². The van der Waals surface area contributed by atoms with Crippen LogP contribution >= 0.6 is 11.6 Å². The van der Waals surface area contributed by atoms with Gasteiger partial charge in [-0.3, -0.25) is 14.9 Å². The summed E-state index contributed by atoms with van der Waals surface area (Å²) >= 11 is 5.90. The maximum Gasteiger partial charge on any atom is 0.288 e. The van der Waals surface area contributed by atoms with E-state index < -0.39 is 4.92 Å². The molecule has 1 aromatic heterocycles. The van der Waals surface area contributed by atoms with Crippen LogP contribution < -0.4 is 5.32 Å². The van der Waals surface area contributed by atoms with Gasteiger partial charge in [-0.25, -0.2) is 4.98 Å². The van der Waals surface area contributed by atoms with E-state index in [0.29, 0.717) is 19.0 Å². The summed E-state index contributed by atoms with van der Waals surface area (Å²) in [5.41, 5.74) is -0.134. The monoisotopic (exact) mass is 312 g/mol. The minimum absolute atomic E-state index is 0.00273. The molecule has 0 spiro atoms. The molecule has 0 atom stereocenters. The highest BCUT2D eigenvalue weighted by Crippen LogP contribution is 2.23. The molecular weight excluding hydrogens is 296 g/mol. The first-order valence-electron chi connectivity index (χ1n) is 6.76. The molecule has 2 rings (SSSR count). The van der Waals surface area contributed by atoms with E-state index in [9.17, 15) is 14.9 Å².